The van der Waals surface area contributed by atoms with Crippen molar-refractivity contribution >= 4 is 12.0 Å². The van der Waals surface area contributed by atoms with Crippen LogP contribution >= 0.6 is 0 Å². The van der Waals surface area contributed by atoms with E-state index in [1.54, 1.807) is 7.11 Å². The molecule has 0 aliphatic heterocycles. The molecule has 116 valence electrons. The van der Waals surface area contributed by atoms with Gasteiger partial charge in [-0.15, -0.1) is 0 Å². The molecule has 3 N–H and O–H groups in total. The summed E-state index contributed by atoms with van der Waals surface area (Å²) in [5, 5.41) is 14.8. The molecule has 20 heavy (non-hydrogen) atoms. The lowest BCUT2D eigenvalue weighted by Crippen LogP contribution is -2.48. The number of hydrogen-bond donors (Lipinski definition) is 3. The van der Waals surface area contributed by atoms with Crippen LogP contribution in [0.3, 0.4) is 0 Å². The van der Waals surface area contributed by atoms with Crippen LogP contribution in [0.5, 0.6) is 0 Å². The monoisotopic (exact) mass is 286 g/mol. The molecule has 0 spiro atoms. The number of aliphatic carboxylic acids is 1. The third kappa shape index (κ3) is 5.77. The van der Waals surface area contributed by atoms with Crippen LogP contribution in [0.4, 0.5) is 4.79 Å². The fourth-order valence-electron chi connectivity index (χ4n) is 2.61. The molecule has 0 radical (unpaired) electrons. The molecule has 0 aromatic heterocycles. The quantitative estimate of drug-likeness (QED) is 0.647. The molecule has 6 heteroatoms. The number of rotatable bonds is 6. The van der Waals surface area contributed by atoms with Gasteiger partial charge in [-0.1, -0.05) is 26.2 Å². The van der Waals surface area contributed by atoms with Gasteiger partial charge in [0.15, 0.2) is 0 Å². The van der Waals surface area contributed by atoms with E-state index in [0.29, 0.717) is 19.6 Å². The van der Waals surface area contributed by atoms with E-state index in [9.17, 15) is 14.7 Å². The van der Waals surface area contributed by atoms with Crippen molar-refractivity contribution in [2.45, 2.75) is 45.1 Å². The third-order valence-corrected chi connectivity index (χ3v) is 3.71. The van der Waals surface area contributed by atoms with E-state index in [0.717, 1.165) is 25.7 Å². The standard InChI is InChI=1S/C14H26N2O4/c1-10(9-20-2)8-15-14(19)16-12-7-5-3-4-6-11(12)13(17)18/h10-12H,3-9H2,1-2H3,(H,17,18)(H2,15,16,19). The number of methoxy groups -OCH3 is 1. The van der Waals surface area contributed by atoms with Gasteiger partial charge in [-0.2, -0.15) is 0 Å². The summed E-state index contributed by atoms with van der Waals surface area (Å²) < 4.78 is 5.00. The fourth-order valence-corrected chi connectivity index (χ4v) is 2.61. The molecule has 0 aromatic rings. The molecule has 1 fully saturated rings. The Hall–Kier alpha value is -1.30. The zero-order chi connectivity index (χ0) is 15.0. The van der Waals surface area contributed by atoms with Crippen LogP contribution in [0.15, 0.2) is 0 Å². The molecule has 1 saturated carbocycles. The zero-order valence-electron chi connectivity index (χ0n) is 12.4. The summed E-state index contributed by atoms with van der Waals surface area (Å²) in [5.41, 5.74) is 0. The number of ether oxygens (including phenoxy) is 1. The normalized spacial score (nSPS) is 24.5. The van der Waals surface area contributed by atoms with Crippen molar-refractivity contribution in [1.82, 2.24) is 10.6 Å². The molecule has 1 aliphatic carbocycles. The zero-order valence-corrected chi connectivity index (χ0v) is 12.4. The van der Waals surface area contributed by atoms with Gasteiger partial charge < -0.3 is 20.5 Å². The number of carboxylic acid groups (broad SMARTS) is 1. The number of carbonyl (C=O) groups is 2. The van der Waals surface area contributed by atoms with Crippen molar-refractivity contribution in [3.8, 4) is 0 Å². The van der Waals surface area contributed by atoms with Gasteiger partial charge in [0.05, 0.1) is 12.5 Å². The van der Waals surface area contributed by atoms with E-state index in [1.807, 2.05) is 6.92 Å². The maximum absolute atomic E-state index is 11.8. The van der Waals surface area contributed by atoms with Gasteiger partial charge in [0, 0.05) is 19.7 Å². The molecule has 0 heterocycles. The Morgan fingerprint density at radius 2 is 2.00 bits per heavy atom. The first-order valence-corrected chi connectivity index (χ1v) is 7.30. The Morgan fingerprint density at radius 1 is 1.30 bits per heavy atom. The van der Waals surface area contributed by atoms with E-state index >= 15 is 0 Å². The van der Waals surface area contributed by atoms with Crippen LogP contribution in [0, 0.1) is 11.8 Å². The first-order chi connectivity index (χ1) is 9.54. The SMILES string of the molecule is COCC(C)CNC(=O)NC1CCCCCC1C(=O)O. The first-order valence-electron chi connectivity index (χ1n) is 7.30. The lowest BCUT2D eigenvalue weighted by atomic mass is 9.95. The average molecular weight is 286 g/mol. The minimum Gasteiger partial charge on any atom is -0.481 e. The second-order valence-corrected chi connectivity index (χ2v) is 5.60. The number of nitrogens with one attached hydrogen (secondary N) is 2. The van der Waals surface area contributed by atoms with Crippen molar-refractivity contribution in [2.24, 2.45) is 11.8 Å². The van der Waals surface area contributed by atoms with Gasteiger partial charge in [-0.25, -0.2) is 4.79 Å². The van der Waals surface area contributed by atoms with E-state index in [2.05, 4.69) is 10.6 Å². The average Bonchev–Trinajstić information content (AvgIpc) is 2.62. The van der Waals surface area contributed by atoms with Crippen LogP contribution in [-0.2, 0) is 9.53 Å². The number of hydrogen-bond acceptors (Lipinski definition) is 3. The predicted octanol–water partition coefficient (Wildman–Crippen LogP) is 1.60. The highest BCUT2D eigenvalue weighted by atomic mass is 16.5. The molecular weight excluding hydrogens is 260 g/mol. The third-order valence-electron chi connectivity index (χ3n) is 3.71. The van der Waals surface area contributed by atoms with Gasteiger partial charge in [0.1, 0.15) is 0 Å². The van der Waals surface area contributed by atoms with E-state index in [1.165, 1.54) is 0 Å². The first kappa shape index (κ1) is 16.8. The number of carbonyl (C=O) groups excluding carboxylic acids is 1. The highest BCUT2D eigenvalue weighted by Crippen LogP contribution is 2.23. The second-order valence-electron chi connectivity index (χ2n) is 5.60. The van der Waals surface area contributed by atoms with Crippen LogP contribution in [-0.4, -0.2) is 43.4 Å². The summed E-state index contributed by atoms with van der Waals surface area (Å²) in [6, 6.07) is -0.557. The molecule has 0 bridgehead atoms. The lowest BCUT2D eigenvalue weighted by molar-refractivity contribution is -0.142. The molecule has 6 nitrogen and oxygen atoms in total. The van der Waals surface area contributed by atoms with Crippen molar-refractivity contribution in [1.29, 1.82) is 0 Å². The summed E-state index contributed by atoms with van der Waals surface area (Å²) in [6.07, 6.45) is 4.29. The predicted molar refractivity (Wildman–Crippen MR) is 75.6 cm³/mol. The molecule has 2 amide bonds. The van der Waals surface area contributed by atoms with Gasteiger partial charge in [0.25, 0.3) is 0 Å². The van der Waals surface area contributed by atoms with Gasteiger partial charge in [0.2, 0.25) is 0 Å². The summed E-state index contributed by atoms with van der Waals surface area (Å²) in [5.74, 6) is -1.06. The van der Waals surface area contributed by atoms with E-state index in [4.69, 9.17) is 4.74 Å². The topological polar surface area (TPSA) is 87.7 Å². The van der Waals surface area contributed by atoms with Gasteiger partial charge >= 0.3 is 12.0 Å². The molecule has 0 aromatic carbocycles. The molecule has 0 saturated heterocycles. The maximum atomic E-state index is 11.8. The lowest BCUT2D eigenvalue weighted by Gasteiger charge is -2.23. The molecular formula is C14H26N2O4. The number of carboxylic acids is 1. The summed E-state index contributed by atoms with van der Waals surface area (Å²) >= 11 is 0. The summed E-state index contributed by atoms with van der Waals surface area (Å²) in [4.78, 5) is 23.1. The number of amides is 2. The van der Waals surface area contributed by atoms with Crippen LogP contribution in [0.2, 0.25) is 0 Å². The van der Waals surface area contributed by atoms with Crippen molar-refractivity contribution in [3.05, 3.63) is 0 Å². The highest BCUT2D eigenvalue weighted by molar-refractivity contribution is 5.76. The van der Waals surface area contributed by atoms with Crippen molar-refractivity contribution in [3.63, 3.8) is 0 Å². The Morgan fingerprint density at radius 3 is 2.65 bits per heavy atom. The Labute approximate surface area is 120 Å². The highest BCUT2D eigenvalue weighted by Gasteiger charge is 2.30. The molecule has 3 atom stereocenters. The summed E-state index contributed by atoms with van der Waals surface area (Å²) in [6.45, 7) is 3.08. The van der Waals surface area contributed by atoms with Crippen molar-refractivity contribution < 1.29 is 19.4 Å². The Kier molecular flexibility index (Phi) is 7.36. The van der Waals surface area contributed by atoms with E-state index in [-0.39, 0.29) is 18.0 Å². The smallest absolute Gasteiger partial charge is 0.315 e. The number of urea groups is 1. The van der Waals surface area contributed by atoms with Crippen LogP contribution in [0.1, 0.15) is 39.0 Å². The van der Waals surface area contributed by atoms with E-state index < -0.39 is 11.9 Å². The fraction of sp³-hybridized carbons (Fsp3) is 0.857. The Balaban J connectivity index is 2.42. The Bertz CT molecular complexity index is 322. The molecule has 1 aliphatic rings. The minimum absolute atomic E-state index is 0.232. The molecule has 1 rings (SSSR count). The minimum atomic E-state index is -0.815. The van der Waals surface area contributed by atoms with Crippen LogP contribution < -0.4 is 10.6 Å². The maximum Gasteiger partial charge on any atom is 0.315 e. The van der Waals surface area contributed by atoms with Gasteiger partial charge in [-0.3, -0.25) is 4.79 Å². The van der Waals surface area contributed by atoms with Crippen LogP contribution in [0.25, 0.3) is 0 Å². The largest absolute Gasteiger partial charge is 0.481 e. The second kappa shape index (κ2) is 8.79. The summed E-state index contributed by atoms with van der Waals surface area (Å²) in [7, 11) is 1.62. The van der Waals surface area contributed by atoms with Gasteiger partial charge in [-0.05, 0) is 18.8 Å². The molecule has 3 unspecified atom stereocenters. The van der Waals surface area contributed by atoms with Crippen molar-refractivity contribution in [2.75, 3.05) is 20.3 Å².